The summed E-state index contributed by atoms with van der Waals surface area (Å²) < 4.78 is 0. The van der Waals surface area contributed by atoms with E-state index in [1.807, 2.05) is 6.07 Å². The van der Waals surface area contributed by atoms with Crippen LogP contribution in [0, 0.1) is 5.92 Å². The lowest BCUT2D eigenvalue weighted by molar-refractivity contribution is 0.0740. The fourth-order valence-electron chi connectivity index (χ4n) is 4.00. The Bertz CT molecular complexity index is 639. The van der Waals surface area contributed by atoms with Crippen molar-refractivity contribution < 1.29 is 15.0 Å². The molecule has 1 aromatic heterocycles. The van der Waals surface area contributed by atoms with Gasteiger partial charge in [-0.3, -0.25) is 4.79 Å². The number of carbonyl (C=O) groups excluding carboxylic acids is 1. The highest BCUT2D eigenvalue weighted by molar-refractivity contribution is 5.98. The third-order valence-corrected chi connectivity index (χ3v) is 5.68. The van der Waals surface area contributed by atoms with Gasteiger partial charge >= 0.3 is 0 Å². The maximum atomic E-state index is 11.8. The number of rotatable bonds is 5. The Morgan fingerprint density at radius 1 is 1.15 bits per heavy atom. The van der Waals surface area contributed by atoms with Crippen LogP contribution < -0.4 is 16.4 Å². The summed E-state index contributed by atoms with van der Waals surface area (Å²) >= 11 is 0. The average molecular weight is 362 g/mol. The summed E-state index contributed by atoms with van der Waals surface area (Å²) in [6.45, 7) is 2.06. The Hall–Kier alpha value is -1.86. The molecule has 2 unspecified atom stereocenters. The number of hydrogen-bond donors (Lipinski definition) is 5. The van der Waals surface area contributed by atoms with Crippen molar-refractivity contribution in [1.82, 2.24) is 4.98 Å². The summed E-state index contributed by atoms with van der Waals surface area (Å²) in [5.74, 6) is 0.446. The summed E-state index contributed by atoms with van der Waals surface area (Å²) in [5, 5.41) is 26.7. The predicted octanol–water partition coefficient (Wildman–Crippen LogP) is 1.86. The van der Waals surface area contributed by atoms with Crippen molar-refractivity contribution in [1.29, 1.82) is 0 Å². The molecule has 1 aromatic rings. The second kappa shape index (κ2) is 8.22. The number of carbonyl (C=O) groups is 1. The highest BCUT2D eigenvalue weighted by Crippen LogP contribution is 2.29. The van der Waals surface area contributed by atoms with Gasteiger partial charge in [0.2, 0.25) is 0 Å². The third-order valence-electron chi connectivity index (χ3n) is 5.68. The zero-order valence-electron chi connectivity index (χ0n) is 15.3. The molecule has 26 heavy (non-hydrogen) atoms. The van der Waals surface area contributed by atoms with Gasteiger partial charge in [0, 0.05) is 24.3 Å². The summed E-state index contributed by atoms with van der Waals surface area (Å²) in [7, 11) is 0. The van der Waals surface area contributed by atoms with E-state index in [-0.39, 0.29) is 24.3 Å². The van der Waals surface area contributed by atoms with E-state index in [0.29, 0.717) is 35.8 Å². The molecule has 0 bridgehead atoms. The summed E-state index contributed by atoms with van der Waals surface area (Å²) in [6, 6.07) is 2.09. The number of pyridine rings is 1. The molecule has 144 valence electrons. The normalized spacial score (nSPS) is 32.0. The molecule has 0 saturated heterocycles. The maximum absolute atomic E-state index is 11.8. The van der Waals surface area contributed by atoms with Crippen LogP contribution >= 0.6 is 0 Å². The van der Waals surface area contributed by atoms with Crippen LogP contribution in [0.4, 0.5) is 11.5 Å². The molecule has 0 aromatic carbocycles. The summed E-state index contributed by atoms with van der Waals surface area (Å²) in [4.78, 5) is 16.1. The lowest BCUT2D eigenvalue weighted by atomic mass is 9.84. The molecule has 2 saturated carbocycles. The number of nitrogens with zero attached hydrogens (tertiary/aromatic N) is 1. The molecule has 3 rings (SSSR count). The third kappa shape index (κ3) is 4.65. The first-order valence-electron chi connectivity index (χ1n) is 9.61. The lowest BCUT2D eigenvalue weighted by Crippen LogP contribution is -2.35. The highest BCUT2D eigenvalue weighted by Gasteiger charge is 2.27. The maximum Gasteiger partial charge on any atom is 0.252 e. The van der Waals surface area contributed by atoms with Gasteiger partial charge in [-0.25, -0.2) is 4.98 Å². The largest absolute Gasteiger partial charge is 0.393 e. The molecule has 0 spiro atoms. The van der Waals surface area contributed by atoms with Gasteiger partial charge in [0.1, 0.15) is 5.82 Å². The number of hydrogen-bond acceptors (Lipinski definition) is 6. The van der Waals surface area contributed by atoms with Gasteiger partial charge in [-0.15, -0.1) is 0 Å². The zero-order valence-corrected chi connectivity index (χ0v) is 15.3. The number of aliphatic hydroxyl groups excluding tert-OH is 2. The molecule has 2 aliphatic rings. The number of anilines is 2. The minimum absolute atomic E-state index is 0.103. The molecule has 1 heterocycles. The molecule has 7 heteroatoms. The fraction of sp³-hybridized carbons (Fsp3) is 0.684. The molecular weight excluding hydrogens is 332 g/mol. The second-order valence-electron chi connectivity index (χ2n) is 7.84. The smallest absolute Gasteiger partial charge is 0.252 e. The SMILES string of the molecule is C[C@@H]1CC[C@@H](Nc2cc(NC3CCCC(O)C3)ncc2C(N)=O)C[C@H]1O. The molecule has 2 aliphatic carbocycles. The number of nitrogens with two attached hydrogens (primary N) is 1. The standard InChI is InChI=1S/C19H30N4O3/c1-11-5-6-13(8-17(11)25)22-16-9-18(21-10-15(16)19(20)26)23-12-3-2-4-14(24)7-12/h9-14,17,24-25H,2-8H2,1H3,(H2,20,26)(H2,21,22,23)/t11-,12?,13-,14?,17-/m1/s1. The van der Waals surface area contributed by atoms with E-state index in [1.165, 1.54) is 6.20 Å². The Labute approximate surface area is 154 Å². The van der Waals surface area contributed by atoms with Crippen LogP contribution in [0.15, 0.2) is 12.3 Å². The Morgan fingerprint density at radius 2 is 1.92 bits per heavy atom. The van der Waals surface area contributed by atoms with Crippen LogP contribution in [0.5, 0.6) is 0 Å². The molecule has 5 atom stereocenters. The molecule has 2 fully saturated rings. The van der Waals surface area contributed by atoms with Gasteiger partial charge in [0.25, 0.3) is 5.91 Å². The minimum Gasteiger partial charge on any atom is -0.393 e. The summed E-state index contributed by atoms with van der Waals surface area (Å²) in [6.07, 6.45) is 6.96. The van der Waals surface area contributed by atoms with Crippen LogP contribution in [0.3, 0.4) is 0 Å². The number of aromatic nitrogens is 1. The number of nitrogens with one attached hydrogen (secondary N) is 2. The first kappa shape index (κ1) is 18.9. The van der Waals surface area contributed by atoms with E-state index in [4.69, 9.17) is 5.73 Å². The monoisotopic (exact) mass is 362 g/mol. The topological polar surface area (TPSA) is 121 Å². The molecule has 6 N–H and O–H groups in total. The van der Waals surface area contributed by atoms with Crippen molar-refractivity contribution in [3.8, 4) is 0 Å². The van der Waals surface area contributed by atoms with Gasteiger partial charge in [-0.2, -0.15) is 0 Å². The van der Waals surface area contributed by atoms with E-state index in [1.54, 1.807) is 0 Å². The molecule has 0 radical (unpaired) electrons. The first-order chi connectivity index (χ1) is 12.4. The van der Waals surface area contributed by atoms with E-state index in [2.05, 4.69) is 22.5 Å². The van der Waals surface area contributed by atoms with E-state index < -0.39 is 5.91 Å². The van der Waals surface area contributed by atoms with Crippen molar-refractivity contribution in [2.24, 2.45) is 11.7 Å². The van der Waals surface area contributed by atoms with Crippen LogP contribution in [-0.4, -0.2) is 45.4 Å². The Morgan fingerprint density at radius 3 is 2.62 bits per heavy atom. The van der Waals surface area contributed by atoms with Crippen molar-refractivity contribution >= 4 is 17.4 Å². The Kier molecular flexibility index (Phi) is 5.98. The number of amides is 1. The molecule has 7 nitrogen and oxygen atoms in total. The van der Waals surface area contributed by atoms with Crippen molar-refractivity contribution in [2.75, 3.05) is 10.6 Å². The van der Waals surface area contributed by atoms with Gasteiger partial charge in [0.15, 0.2) is 0 Å². The van der Waals surface area contributed by atoms with E-state index in [0.717, 1.165) is 32.1 Å². The molecular formula is C19H30N4O3. The average Bonchev–Trinajstić information content (AvgIpc) is 2.58. The lowest BCUT2D eigenvalue weighted by Gasteiger charge is -2.32. The van der Waals surface area contributed by atoms with Crippen molar-refractivity contribution in [3.05, 3.63) is 17.8 Å². The van der Waals surface area contributed by atoms with Gasteiger partial charge in [-0.1, -0.05) is 6.92 Å². The number of aliphatic hydroxyl groups is 2. The van der Waals surface area contributed by atoms with Crippen LogP contribution in [-0.2, 0) is 0 Å². The van der Waals surface area contributed by atoms with Gasteiger partial charge in [0.05, 0.1) is 23.5 Å². The highest BCUT2D eigenvalue weighted by atomic mass is 16.3. The van der Waals surface area contributed by atoms with Crippen molar-refractivity contribution in [3.63, 3.8) is 0 Å². The van der Waals surface area contributed by atoms with Gasteiger partial charge < -0.3 is 26.6 Å². The van der Waals surface area contributed by atoms with Crippen LogP contribution in [0.25, 0.3) is 0 Å². The van der Waals surface area contributed by atoms with Crippen LogP contribution in [0.1, 0.15) is 62.2 Å². The number of primary amides is 1. The molecule has 0 aliphatic heterocycles. The quantitative estimate of drug-likeness (QED) is 0.545. The summed E-state index contributed by atoms with van der Waals surface area (Å²) in [5.41, 5.74) is 6.50. The van der Waals surface area contributed by atoms with E-state index >= 15 is 0 Å². The molecule has 1 amide bonds. The van der Waals surface area contributed by atoms with Crippen molar-refractivity contribution in [2.45, 2.75) is 76.2 Å². The predicted molar refractivity (Wildman–Crippen MR) is 101 cm³/mol. The first-order valence-corrected chi connectivity index (χ1v) is 9.61. The van der Waals surface area contributed by atoms with Crippen LogP contribution in [0.2, 0.25) is 0 Å². The zero-order chi connectivity index (χ0) is 18.7. The van der Waals surface area contributed by atoms with E-state index in [9.17, 15) is 15.0 Å². The van der Waals surface area contributed by atoms with Gasteiger partial charge in [-0.05, 0) is 50.9 Å². The second-order valence-corrected chi connectivity index (χ2v) is 7.84. The fourth-order valence-corrected chi connectivity index (χ4v) is 4.00. The minimum atomic E-state index is -0.524. The Balaban J connectivity index is 1.73.